The molecule has 0 bridgehead atoms. The lowest BCUT2D eigenvalue weighted by atomic mass is 10.0. The number of rotatable bonds is 3. The van der Waals surface area contributed by atoms with Crippen LogP contribution in [-0.2, 0) is 0 Å². The monoisotopic (exact) mass is 274 g/mol. The van der Waals surface area contributed by atoms with Crippen molar-refractivity contribution in [3.63, 3.8) is 0 Å². The molecule has 5 heteroatoms. The van der Waals surface area contributed by atoms with Crippen LogP contribution >= 0.6 is 23.2 Å². The first-order chi connectivity index (χ1) is 8.22. The number of fused-ring (bicyclic) bond motifs is 1. The minimum Gasteiger partial charge on any atom is -0.493 e. The predicted molar refractivity (Wildman–Crippen MR) is 71.0 cm³/mol. The Balaban J connectivity index is 2.30. The lowest BCUT2D eigenvalue weighted by molar-refractivity contribution is 0.315. The molecule has 1 aromatic carbocycles. The quantitative estimate of drug-likeness (QED) is 0.891. The number of halogens is 2. The standard InChI is InChI=1S/C12H16Cl2N2O/c13-9-6-8-11(16-4-3-15)2-1-5-17-12(8)7-10(9)14/h6-7,11,16H,1-5,15H2. The molecule has 0 radical (unpaired) electrons. The van der Waals surface area contributed by atoms with Gasteiger partial charge in [-0.25, -0.2) is 0 Å². The first-order valence-corrected chi connectivity index (χ1v) is 6.53. The van der Waals surface area contributed by atoms with E-state index in [2.05, 4.69) is 5.32 Å². The SMILES string of the molecule is NCCNC1CCCOc2cc(Cl)c(Cl)cc21. The van der Waals surface area contributed by atoms with E-state index in [4.69, 9.17) is 33.7 Å². The van der Waals surface area contributed by atoms with Crippen molar-refractivity contribution in [1.82, 2.24) is 5.32 Å². The molecular formula is C12H16Cl2N2O. The molecule has 0 aliphatic carbocycles. The third-order valence-corrected chi connectivity index (χ3v) is 3.58. The Morgan fingerprint density at radius 2 is 2.12 bits per heavy atom. The van der Waals surface area contributed by atoms with Crippen LogP contribution in [0.1, 0.15) is 24.4 Å². The molecule has 94 valence electrons. The maximum absolute atomic E-state index is 6.06. The van der Waals surface area contributed by atoms with E-state index in [1.807, 2.05) is 6.07 Å². The van der Waals surface area contributed by atoms with Gasteiger partial charge >= 0.3 is 0 Å². The van der Waals surface area contributed by atoms with Crippen molar-refractivity contribution in [3.8, 4) is 5.75 Å². The summed E-state index contributed by atoms with van der Waals surface area (Å²) in [5.41, 5.74) is 6.59. The Morgan fingerprint density at radius 1 is 1.35 bits per heavy atom. The maximum Gasteiger partial charge on any atom is 0.125 e. The van der Waals surface area contributed by atoms with Crippen LogP contribution in [0, 0.1) is 0 Å². The van der Waals surface area contributed by atoms with Gasteiger partial charge in [-0.1, -0.05) is 23.2 Å². The molecule has 1 unspecified atom stereocenters. The van der Waals surface area contributed by atoms with Gasteiger partial charge in [0.15, 0.2) is 0 Å². The van der Waals surface area contributed by atoms with Crippen LogP contribution in [0.25, 0.3) is 0 Å². The zero-order valence-electron chi connectivity index (χ0n) is 9.51. The van der Waals surface area contributed by atoms with Gasteiger partial charge in [0.1, 0.15) is 5.75 Å². The minimum absolute atomic E-state index is 0.241. The summed E-state index contributed by atoms with van der Waals surface area (Å²) in [6.07, 6.45) is 2.02. The third kappa shape index (κ3) is 3.05. The second-order valence-corrected chi connectivity index (χ2v) is 4.90. The normalized spacial score (nSPS) is 19.4. The number of hydrogen-bond donors (Lipinski definition) is 2. The molecule has 3 nitrogen and oxygen atoms in total. The Morgan fingerprint density at radius 3 is 2.88 bits per heavy atom. The van der Waals surface area contributed by atoms with Gasteiger partial charge in [0, 0.05) is 30.8 Å². The van der Waals surface area contributed by atoms with E-state index in [0.29, 0.717) is 23.2 Å². The van der Waals surface area contributed by atoms with Crippen molar-refractivity contribution in [2.75, 3.05) is 19.7 Å². The topological polar surface area (TPSA) is 47.3 Å². The van der Waals surface area contributed by atoms with E-state index in [0.717, 1.165) is 30.7 Å². The molecule has 3 N–H and O–H groups in total. The number of hydrogen-bond acceptors (Lipinski definition) is 3. The summed E-state index contributed by atoms with van der Waals surface area (Å²) in [6, 6.07) is 3.92. The molecule has 0 saturated carbocycles. The van der Waals surface area contributed by atoms with Crippen molar-refractivity contribution >= 4 is 23.2 Å². The summed E-state index contributed by atoms with van der Waals surface area (Å²) in [6.45, 7) is 2.12. The van der Waals surface area contributed by atoms with E-state index < -0.39 is 0 Å². The molecule has 1 atom stereocenters. The Hall–Kier alpha value is -0.480. The molecule has 1 aliphatic heterocycles. The highest BCUT2D eigenvalue weighted by atomic mass is 35.5. The average Bonchev–Trinajstić information content (AvgIpc) is 2.50. The highest BCUT2D eigenvalue weighted by Gasteiger charge is 2.20. The number of nitrogens with one attached hydrogen (secondary N) is 1. The molecule has 0 spiro atoms. The summed E-state index contributed by atoms with van der Waals surface area (Å²) in [7, 11) is 0. The van der Waals surface area contributed by atoms with Crippen LogP contribution in [0.15, 0.2) is 12.1 Å². The summed E-state index contributed by atoms with van der Waals surface area (Å²) >= 11 is 12.1. The van der Waals surface area contributed by atoms with Gasteiger partial charge in [0.25, 0.3) is 0 Å². The molecule has 2 rings (SSSR count). The minimum atomic E-state index is 0.241. The second kappa shape index (κ2) is 5.91. The lowest BCUT2D eigenvalue weighted by Crippen LogP contribution is -2.27. The van der Waals surface area contributed by atoms with E-state index >= 15 is 0 Å². The summed E-state index contributed by atoms with van der Waals surface area (Å²) in [5, 5.41) is 4.50. The molecule has 0 aromatic heterocycles. The van der Waals surface area contributed by atoms with Crippen molar-refractivity contribution < 1.29 is 4.74 Å². The van der Waals surface area contributed by atoms with Crippen LogP contribution in [0.2, 0.25) is 10.0 Å². The molecular weight excluding hydrogens is 259 g/mol. The van der Waals surface area contributed by atoms with Gasteiger partial charge in [0.2, 0.25) is 0 Å². The fraction of sp³-hybridized carbons (Fsp3) is 0.500. The zero-order chi connectivity index (χ0) is 12.3. The van der Waals surface area contributed by atoms with E-state index in [1.165, 1.54) is 0 Å². The summed E-state index contributed by atoms with van der Waals surface area (Å²) < 4.78 is 5.68. The van der Waals surface area contributed by atoms with Gasteiger partial charge in [0.05, 0.1) is 16.7 Å². The van der Waals surface area contributed by atoms with Gasteiger partial charge < -0.3 is 15.8 Å². The first kappa shape index (κ1) is 13.0. The van der Waals surface area contributed by atoms with E-state index in [1.54, 1.807) is 6.07 Å². The van der Waals surface area contributed by atoms with Gasteiger partial charge in [-0.05, 0) is 18.9 Å². The largest absolute Gasteiger partial charge is 0.493 e. The fourth-order valence-corrected chi connectivity index (χ4v) is 2.36. The Labute approximate surface area is 111 Å². The van der Waals surface area contributed by atoms with Gasteiger partial charge in [-0.3, -0.25) is 0 Å². The molecule has 0 saturated heterocycles. The molecule has 17 heavy (non-hydrogen) atoms. The predicted octanol–water partition coefficient (Wildman–Crippen LogP) is 2.76. The Kier molecular flexibility index (Phi) is 4.51. The third-order valence-electron chi connectivity index (χ3n) is 2.86. The van der Waals surface area contributed by atoms with Crippen LogP contribution in [0.3, 0.4) is 0 Å². The first-order valence-electron chi connectivity index (χ1n) is 5.77. The second-order valence-electron chi connectivity index (χ2n) is 4.09. The lowest BCUT2D eigenvalue weighted by Gasteiger charge is -2.18. The highest BCUT2D eigenvalue weighted by Crippen LogP contribution is 2.37. The van der Waals surface area contributed by atoms with Crippen LogP contribution in [-0.4, -0.2) is 19.7 Å². The maximum atomic E-state index is 6.06. The number of nitrogens with two attached hydrogens (primary N) is 1. The van der Waals surface area contributed by atoms with Crippen molar-refractivity contribution in [2.24, 2.45) is 5.73 Å². The van der Waals surface area contributed by atoms with E-state index in [-0.39, 0.29) is 6.04 Å². The summed E-state index contributed by atoms with van der Waals surface area (Å²) in [5.74, 6) is 0.825. The van der Waals surface area contributed by atoms with Crippen LogP contribution in [0.5, 0.6) is 5.75 Å². The molecule has 0 amide bonds. The van der Waals surface area contributed by atoms with Gasteiger partial charge in [-0.15, -0.1) is 0 Å². The Bertz CT molecular complexity index is 398. The van der Waals surface area contributed by atoms with Crippen LogP contribution in [0.4, 0.5) is 0 Å². The highest BCUT2D eigenvalue weighted by molar-refractivity contribution is 6.42. The molecule has 0 fully saturated rings. The molecule has 1 aliphatic rings. The smallest absolute Gasteiger partial charge is 0.125 e. The molecule has 1 heterocycles. The number of ether oxygens (including phenoxy) is 1. The van der Waals surface area contributed by atoms with Crippen LogP contribution < -0.4 is 15.8 Å². The molecule has 1 aromatic rings. The van der Waals surface area contributed by atoms with Crippen molar-refractivity contribution in [3.05, 3.63) is 27.7 Å². The average molecular weight is 275 g/mol. The van der Waals surface area contributed by atoms with Crippen molar-refractivity contribution in [2.45, 2.75) is 18.9 Å². The van der Waals surface area contributed by atoms with Crippen molar-refractivity contribution in [1.29, 1.82) is 0 Å². The zero-order valence-corrected chi connectivity index (χ0v) is 11.0. The number of benzene rings is 1. The van der Waals surface area contributed by atoms with E-state index in [9.17, 15) is 0 Å². The summed E-state index contributed by atoms with van der Waals surface area (Å²) in [4.78, 5) is 0. The fourth-order valence-electron chi connectivity index (χ4n) is 2.04. The van der Waals surface area contributed by atoms with Gasteiger partial charge in [-0.2, -0.15) is 0 Å².